The number of aliphatic hydroxyl groups excluding tert-OH is 2. The second-order valence-electron chi connectivity index (χ2n) is 4.43. The molecule has 2 N–H and O–H groups in total. The van der Waals surface area contributed by atoms with Crippen molar-refractivity contribution in [3.05, 3.63) is 63.7 Å². The van der Waals surface area contributed by atoms with Gasteiger partial charge in [0, 0.05) is 12.7 Å². The van der Waals surface area contributed by atoms with Crippen LogP contribution in [0, 0.1) is 10.1 Å². The number of hydrogen-bond acceptors (Lipinski definition) is 5. The van der Waals surface area contributed by atoms with E-state index in [2.05, 4.69) is 0 Å². The fourth-order valence-corrected chi connectivity index (χ4v) is 1.92. The highest BCUT2D eigenvalue weighted by atomic mass is 16.6. The zero-order valence-corrected chi connectivity index (χ0v) is 11.2. The van der Waals surface area contributed by atoms with Gasteiger partial charge in [0.05, 0.1) is 17.1 Å². The zero-order valence-electron chi connectivity index (χ0n) is 11.2. The number of ether oxygens (including phenoxy) is 1. The molecule has 2 aromatic carbocycles. The summed E-state index contributed by atoms with van der Waals surface area (Å²) in [6.45, 7) is -0.342. The van der Waals surface area contributed by atoms with Gasteiger partial charge in [-0.05, 0) is 36.2 Å². The summed E-state index contributed by atoms with van der Waals surface area (Å²) < 4.78 is 5.59. The fourth-order valence-electron chi connectivity index (χ4n) is 1.92. The molecule has 2 aromatic rings. The van der Waals surface area contributed by atoms with Crippen molar-refractivity contribution in [3.8, 4) is 11.5 Å². The van der Waals surface area contributed by atoms with Crippen LogP contribution in [0.5, 0.6) is 11.5 Å². The van der Waals surface area contributed by atoms with Crippen LogP contribution < -0.4 is 4.74 Å². The van der Waals surface area contributed by atoms with Gasteiger partial charge in [-0.25, -0.2) is 0 Å². The molecule has 21 heavy (non-hydrogen) atoms. The highest BCUT2D eigenvalue weighted by Gasteiger charge is 2.14. The summed E-state index contributed by atoms with van der Waals surface area (Å²) in [7, 11) is 0. The molecule has 0 aromatic heterocycles. The molecule has 0 aliphatic carbocycles. The van der Waals surface area contributed by atoms with Gasteiger partial charge in [0.25, 0.3) is 5.69 Å². The zero-order chi connectivity index (χ0) is 15.2. The van der Waals surface area contributed by atoms with Crippen LogP contribution in [0.2, 0.25) is 0 Å². The third-order valence-corrected chi connectivity index (χ3v) is 2.98. The summed E-state index contributed by atoms with van der Waals surface area (Å²) in [6, 6.07) is 11.4. The minimum absolute atomic E-state index is 0.0857. The number of aliphatic hydroxyl groups is 2. The van der Waals surface area contributed by atoms with E-state index in [9.17, 15) is 10.1 Å². The highest BCUT2D eigenvalue weighted by molar-refractivity contribution is 5.46. The summed E-state index contributed by atoms with van der Waals surface area (Å²) >= 11 is 0. The molecule has 0 spiro atoms. The Morgan fingerprint density at radius 2 is 1.71 bits per heavy atom. The van der Waals surface area contributed by atoms with Crippen molar-refractivity contribution < 1.29 is 19.9 Å². The molecule has 0 saturated heterocycles. The quantitative estimate of drug-likeness (QED) is 0.629. The SMILES string of the molecule is O=[N+]([O-])c1ccc(Oc2ccc(CCO)cc2)cc1CO. The Morgan fingerprint density at radius 1 is 1.05 bits per heavy atom. The van der Waals surface area contributed by atoms with Gasteiger partial charge < -0.3 is 14.9 Å². The molecular weight excluding hydrogens is 274 g/mol. The number of rotatable bonds is 6. The molecule has 0 heterocycles. The molecule has 0 aliphatic rings. The van der Waals surface area contributed by atoms with Crippen LogP contribution in [0.25, 0.3) is 0 Å². The first-order chi connectivity index (χ1) is 10.1. The number of hydrogen-bond donors (Lipinski definition) is 2. The number of nitrogens with zero attached hydrogens (tertiary/aromatic N) is 1. The highest BCUT2D eigenvalue weighted by Crippen LogP contribution is 2.27. The lowest BCUT2D eigenvalue weighted by Gasteiger charge is -2.08. The van der Waals surface area contributed by atoms with Crippen molar-refractivity contribution >= 4 is 5.69 Å². The van der Waals surface area contributed by atoms with E-state index in [1.54, 1.807) is 12.1 Å². The third-order valence-electron chi connectivity index (χ3n) is 2.98. The Hall–Kier alpha value is -2.44. The topological polar surface area (TPSA) is 92.8 Å². The molecule has 0 radical (unpaired) electrons. The van der Waals surface area contributed by atoms with Crippen LogP contribution >= 0.6 is 0 Å². The van der Waals surface area contributed by atoms with Crippen molar-refractivity contribution in [1.82, 2.24) is 0 Å². The van der Waals surface area contributed by atoms with E-state index in [4.69, 9.17) is 14.9 Å². The molecule has 0 atom stereocenters. The molecule has 2 rings (SSSR count). The Morgan fingerprint density at radius 3 is 2.29 bits per heavy atom. The Balaban J connectivity index is 2.17. The van der Waals surface area contributed by atoms with Crippen LogP contribution in [-0.4, -0.2) is 21.7 Å². The third kappa shape index (κ3) is 3.77. The van der Waals surface area contributed by atoms with Crippen LogP contribution in [0.3, 0.4) is 0 Å². The van der Waals surface area contributed by atoms with Crippen molar-refractivity contribution in [1.29, 1.82) is 0 Å². The second kappa shape index (κ2) is 6.83. The molecule has 6 heteroatoms. The van der Waals surface area contributed by atoms with Crippen LogP contribution in [0.15, 0.2) is 42.5 Å². The first-order valence-corrected chi connectivity index (χ1v) is 6.40. The maximum absolute atomic E-state index is 10.8. The second-order valence-corrected chi connectivity index (χ2v) is 4.43. The Bertz CT molecular complexity index is 624. The summed E-state index contributed by atoms with van der Waals surface area (Å²) in [5.41, 5.74) is 1.06. The maximum Gasteiger partial charge on any atom is 0.275 e. The van der Waals surface area contributed by atoms with Crippen molar-refractivity contribution in [2.75, 3.05) is 6.61 Å². The fraction of sp³-hybridized carbons (Fsp3) is 0.200. The summed E-state index contributed by atoms with van der Waals surface area (Å²) in [4.78, 5) is 10.2. The van der Waals surface area contributed by atoms with Crippen LogP contribution in [0.4, 0.5) is 5.69 Å². The van der Waals surface area contributed by atoms with E-state index in [-0.39, 0.29) is 17.9 Å². The van der Waals surface area contributed by atoms with Crippen molar-refractivity contribution in [2.24, 2.45) is 0 Å². The van der Waals surface area contributed by atoms with E-state index >= 15 is 0 Å². The molecular formula is C15H15NO5. The number of nitro groups is 1. The van der Waals surface area contributed by atoms with Gasteiger partial charge in [-0.15, -0.1) is 0 Å². The standard InChI is InChI=1S/C15H15NO5/c17-8-7-11-1-3-13(4-2-11)21-14-5-6-15(16(19)20)12(9-14)10-18/h1-6,9,17-18H,7-8,10H2. The van der Waals surface area contributed by atoms with Gasteiger partial charge in [-0.1, -0.05) is 12.1 Å². The minimum Gasteiger partial charge on any atom is -0.457 e. The van der Waals surface area contributed by atoms with E-state index in [1.165, 1.54) is 18.2 Å². The lowest BCUT2D eigenvalue weighted by Crippen LogP contribution is -1.96. The summed E-state index contributed by atoms with van der Waals surface area (Å²) in [5, 5.41) is 28.8. The molecule has 0 fully saturated rings. The molecule has 0 aliphatic heterocycles. The van der Waals surface area contributed by atoms with E-state index in [0.29, 0.717) is 17.9 Å². The normalized spacial score (nSPS) is 10.4. The largest absolute Gasteiger partial charge is 0.457 e. The average molecular weight is 289 g/mol. The van der Waals surface area contributed by atoms with Crippen molar-refractivity contribution in [2.45, 2.75) is 13.0 Å². The molecule has 6 nitrogen and oxygen atoms in total. The molecule has 0 saturated carbocycles. The van der Waals surface area contributed by atoms with Gasteiger partial charge in [0.2, 0.25) is 0 Å². The van der Waals surface area contributed by atoms with E-state index < -0.39 is 11.5 Å². The molecule has 0 amide bonds. The van der Waals surface area contributed by atoms with Gasteiger partial charge in [0.1, 0.15) is 11.5 Å². The lowest BCUT2D eigenvalue weighted by atomic mass is 10.1. The van der Waals surface area contributed by atoms with E-state index in [0.717, 1.165) is 5.56 Å². The molecule has 0 bridgehead atoms. The minimum atomic E-state index is -0.543. The van der Waals surface area contributed by atoms with Crippen LogP contribution in [-0.2, 0) is 13.0 Å². The predicted octanol–water partition coefficient (Wildman–Crippen LogP) is 2.41. The van der Waals surface area contributed by atoms with Gasteiger partial charge in [-0.3, -0.25) is 10.1 Å². The predicted molar refractivity (Wildman–Crippen MR) is 76.3 cm³/mol. The monoisotopic (exact) mass is 289 g/mol. The molecule has 0 unspecified atom stereocenters. The smallest absolute Gasteiger partial charge is 0.275 e. The summed E-state index contributed by atoms with van der Waals surface area (Å²) in [5.74, 6) is 0.994. The first-order valence-electron chi connectivity index (χ1n) is 6.40. The maximum atomic E-state index is 10.8. The van der Waals surface area contributed by atoms with Gasteiger partial charge >= 0.3 is 0 Å². The van der Waals surface area contributed by atoms with Crippen LogP contribution in [0.1, 0.15) is 11.1 Å². The Labute approximate surface area is 121 Å². The first kappa shape index (κ1) is 15.0. The van der Waals surface area contributed by atoms with E-state index in [1.807, 2.05) is 12.1 Å². The molecule has 110 valence electrons. The van der Waals surface area contributed by atoms with Gasteiger partial charge in [-0.2, -0.15) is 0 Å². The van der Waals surface area contributed by atoms with Crippen molar-refractivity contribution in [3.63, 3.8) is 0 Å². The number of benzene rings is 2. The average Bonchev–Trinajstić information content (AvgIpc) is 2.49. The summed E-state index contributed by atoms with van der Waals surface area (Å²) in [6.07, 6.45) is 0.576. The Kier molecular flexibility index (Phi) is 4.86. The lowest BCUT2D eigenvalue weighted by molar-refractivity contribution is -0.385. The number of nitro benzene ring substituents is 1. The van der Waals surface area contributed by atoms with Gasteiger partial charge in [0.15, 0.2) is 0 Å².